The second-order valence-electron chi connectivity index (χ2n) is 11.2. The predicted molar refractivity (Wildman–Crippen MR) is 162 cm³/mol. The van der Waals surface area contributed by atoms with Gasteiger partial charge in [-0.3, -0.25) is 9.59 Å². The zero-order chi connectivity index (χ0) is 35.4. The van der Waals surface area contributed by atoms with E-state index >= 15 is 0 Å². The third kappa shape index (κ3) is 7.54. The van der Waals surface area contributed by atoms with Crippen LogP contribution >= 0.6 is 0 Å². The standard InChI is InChI=1S/C32H34F4N4O8/c1-5-25(41)48-17(2)14-46-22-11-8-19(12-23(22)45-4)28(42)38-15-31(44,32(34,35)36)24-13-21-27(47-16-30(21,3)40-29(37)43)26(39-24)18-6-9-20(33)10-7-18/h6-13,17,44H,5,14-16H2,1-4H3,(H,38,42)(H3,37,40,43)/t17-,30-,31?/m1/s1. The van der Waals surface area contributed by atoms with Gasteiger partial charge in [-0.25, -0.2) is 14.2 Å². The zero-order valence-corrected chi connectivity index (χ0v) is 26.4. The number of aromatic nitrogens is 1. The van der Waals surface area contributed by atoms with Crippen molar-refractivity contribution in [3.05, 3.63) is 71.2 Å². The summed E-state index contributed by atoms with van der Waals surface area (Å²) < 4.78 is 79.6. The molecule has 2 aromatic carbocycles. The van der Waals surface area contributed by atoms with Gasteiger partial charge in [0.25, 0.3) is 5.91 Å². The van der Waals surface area contributed by atoms with E-state index in [2.05, 4.69) is 15.6 Å². The molecule has 3 atom stereocenters. The number of carbonyl (C=O) groups is 3. The summed E-state index contributed by atoms with van der Waals surface area (Å²) in [5, 5.41) is 15.8. The Kier molecular flexibility index (Phi) is 10.4. The molecule has 3 aromatic rings. The van der Waals surface area contributed by atoms with Crippen molar-refractivity contribution in [2.45, 2.75) is 50.6 Å². The minimum atomic E-state index is -5.39. The number of alkyl halides is 3. The zero-order valence-electron chi connectivity index (χ0n) is 26.4. The van der Waals surface area contributed by atoms with Crippen LogP contribution in [-0.2, 0) is 20.7 Å². The molecular weight excluding hydrogens is 644 g/mol. The number of carbonyl (C=O) groups excluding carboxylic acids is 3. The van der Waals surface area contributed by atoms with E-state index in [0.29, 0.717) is 0 Å². The van der Waals surface area contributed by atoms with Gasteiger partial charge >= 0.3 is 18.2 Å². The van der Waals surface area contributed by atoms with E-state index in [1.165, 1.54) is 44.4 Å². The molecule has 4 rings (SSSR count). The third-order valence-electron chi connectivity index (χ3n) is 7.51. The van der Waals surface area contributed by atoms with E-state index in [0.717, 1.165) is 18.2 Å². The van der Waals surface area contributed by atoms with Gasteiger partial charge in [-0.05, 0) is 62.4 Å². The Hall–Kier alpha value is -5.12. The number of urea groups is 1. The maximum atomic E-state index is 14.7. The van der Waals surface area contributed by atoms with Crippen molar-refractivity contribution in [3.8, 4) is 28.5 Å². The van der Waals surface area contributed by atoms with E-state index in [4.69, 9.17) is 24.7 Å². The number of esters is 1. The Morgan fingerprint density at radius 1 is 1.12 bits per heavy atom. The van der Waals surface area contributed by atoms with Gasteiger partial charge in [0.15, 0.2) is 17.2 Å². The Balaban J connectivity index is 1.66. The molecule has 0 fully saturated rings. The van der Waals surface area contributed by atoms with Crippen molar-refractivity contribution < 1.29 is 56.0 Å². The summed E-state index contributed by atoms with van der Waals surface area (Å²) in [6.07, 6.45) is -5.81. The first-order valence-corrected chi connectivity index (χ1v) is 14.6. The highest BCUT2D eigenvalue weighted by molar-refractivity contribution is 5.95. The lowest BCUT2D eigenvalue weighted by atomic mass is 9.88. The molecule has 12 nitrogen and oxygen atoms in total. The van der Waals surface area contributed by atoms with Crippen LogP contribution in [0.25, 0.3) is 11.3 Å². The molecular formula is C32H34F4N4O8. The lowest BCUT2D eigenvalue weighted by molar-refractivity contribution is -0.265. The number of nitrogens with two attached hydrogens (primary N) is 1. The SMILES string of the molecule is CCC(=O)O[C@H](C)COc1ccc(C(=O)NCC(O)(c2cc3c(c(-c4ccc(F)cc4)n2)OC[C@@]3(C)NC(N)=O)C(F)(F)F)cc1OC. The largest absolute Gasteiger partial charge is 0.493 e. The fourth-order valence-corrected chi connectivity index (χ4v) is 4.90. The van der Waals surface area contributed by atoms with Gasteiger partial charge in [-0.15, -0.1) is 0 Å². The van der Waals surface area contributed by atoms with Gasteiger partial charge in [0.05, 0.1) is 19.3 Å². The number of amides is 3. The second-order valence-corrected chi connectivity index (χ2v) is 11.2. The van der Waals surface area contributed by atoms with E-state index < -0.39 is 59.4 Å². The van der Waals surface area contributed by atoms with Gasteiger partial charge in [0.1, 0.15) is 36.4 Å². The first-order chi connectivity index (χ1) is 22.5. The van der Waals surface area contributed by atoms with E-state index in [1.807, 2.05) is 0 Å². The first-order valence-electron chi connectivity index (χ1n) is 14.6. The molecule has 2 heterocycles. The average Bonchev–Trinajstić information content (AvgIpc) is 3.36. The van der Waals surface area contributed by atoms with Crippen LogP contribution in [0.3, 0.4) is 0 Å². The molecule has 0 saturated carbocycles. The minimum absolute atomic E-state index is 0.0116. The monoisotopic (exact) mass is 678 g/mol. The summed E-state index contributed by atoms with van der Waals surface area (Å²) >= 11 is 0. The number of nitrogens with zero attached hydrogens (tertiary/aromatic N) is 1. The Morgan fingerprint density at radius 3 is 2.42 bits per heavy atom. The molecule has 3 amide bonds. The highest BCUT2D eigenvalue weighted by Gasteiger charge is 2.57. The van der Waals surface area contributed by atoms with Crippen LogP contribution in [0.5, 0.6) is 17.2 Å². The molecule has 1 unspecified atom stereocenters. The number of hydrogen-bond donors (Lipinski definition) is 4. The van der Waals surface area contributed by atoms with Crippen LogP contribution in [0.1, 0.15) is 48.8 Å². The Labute approximate surface area is 272 Å². The smallest absolute Gasteiger partial charge is 0.424 e. The number of pyridine rings is 1. The van der Waals surface area contributed by atoms with Gasteiger partial charge in [0, 0.05) is 23.1 Å². The van der Waals surface area contributed by atoms with Crippen LogP contribution in [0.15, 0.2) is 48.5 Å². The number of aliphatic hydroxyl groups is 1. The quantitative estimate of drug-likeness (QED) is 0.163. The summed E-state index contributed by atoms with van der Waals surface area (Å²) in [6.45, 7) is 3.04. The number of hydrogen-bond acceptors (Lipinski definition) is 9. The van der Waals surface area contributed by atoms with Crippen molar-refractivity contribution in [2.24, 2.45) is 5.73 Å². The predicted octanol–water partition coefficient (Wildman–Crippen LogP) is 4.07. The topological polar surface area (TPSA) is 171 Å². The molecule has 1 aromatic heterocycles. The molecule has 16 heteroatoms. The molecule has 258 valence electrons. The number of rotatable bonds is 12. The van der Waals surface area contributed by atoms with Gasteiger partial charge in [-0.2, -0.15) is 13.2 Å². The third-order valence-corrected chi connectivity index (χ3v) is 7.51. The van der Waals surface area contributed by atoms with E-state index in [1.54, 1.807) is 13.8 Å². The molecule has 0 saturated heterocycles. The fraction of sp³-hybridized carbons (Fsp3) is 0.375. The number of methoxy groups -OCH3 is 1. The van der Waals surface area contributed by atoms with Gasteiger partial charge < -0.3 is 40.4 Å². The highest BCUT2D eigenvalue weighted by Crippen LogP contribution is 2.47. The van der Waals surface area contributed by atoms with Crippen molar-refractivity contribution in [1.29, 1.82) is 0 Å². The van der Waals surface area contributed by atoms with Crippen LogP contribution in [0, 0.1) is 5.82 Å². The molecule has 0 spiro atoms. The van der Waals surface area contributed by atoms with Crippen molar-refractivity contribution in [1.82, 2.24) is 15.6 Å². The van der Waals surface area contributed by atoms with E-state index in [-0.39, 0.29) is 59.3 Å². The van der Waals surface area contributed by atoms with Crippen molar-refractivity contribution >= 4 is 17.9 Å². The number of nitrogens with one attached hydrogen (secondary N) is 2. The maximum absolute atomic E-state index is 14.7. The number of benzene rings is 2. The van der Waals surface area contributed by atoms with Gasteiger partial charge in [0.2, 0.25) is 5.60 Å². The molecule has 0 aliphatic carbocycles. The fourth-order valence-electron chi connectivity index (χ4n) is 4.90. The molecule has 0 radical (unpaired) electrons. The molecule has 5 N–H and O–H groups in total. The van der Waals surface area contributed by atoms with Crippen LogP contribution in [0.4, 0.5) is 22.4 Å². The summed E-state index contributed by atoms with van der Waals surface area (Å²) in [5.41, 5.74) is -0.951. The molecule has 1 aliphatic heterocycles. The minimum Gasteiger partial charge on any atom is -0.493 e. The molecule has 48 heavy (non-hydrogen) atoms. The van der Waals surface area contributed by atoms with Crippen LogP contribution < -0.4 is 30.6 Å². The van der Waals surface area contributed by atoms with Crippen molar-refractivity contribution in [2.75, 3.05) is 26.9 Å². The summed E-state index contributed by atoms with van der Waals surface area (Å²) in [4.78, 5) is 40.5. The van der Waals surface area contributed by atoms with Crippen LogP contribution in [-0.4, -0.2) is 67.1 Å². The maximum Gasteiger partial charge on any atom is 0.424 e. The van der Waals surface area contributed by atoms with Gasteiger partial charge in [-0.1, -0.05) is 6.92 Å². The lowest BCUT2D eigenvalue weighted by Crippen LogP contribution is -2.52. The number of fused-ring (bicyclic) bond motifs is 1. The summed E-state index contributed by atoms with van der Waals surface area (Å²) in [5.74, 6) is -1.82. The normalized spacial score (nSPS) is 17.3. The van der Waals surface area contributed by atoms with E-state index in [9.17, 15) is 37.1 Å². The number of halogens is 4. The number of primary amides is 1. The Bertz CT molecular complexity index is 1690. The second kappa shape index (κ2) is 13.9. The van der Waals surface area contributed by atoms with Crippen molar-refractivity contribution in [3.63, 3.8) is 0 Å². The molecule has 0 bridgehead atoms. The lowest BCUT2D eigenvalue weighted by Gasteiger charge is -2.32. The summed E-state index contributed by atoms with van der Waals surface area (Å²) in [7, 11) is 1.29. The first kappa shape index (κ1) is 35.7. The number of ether oxygens (including phenoxy) is 4. The highest BCUT2D eigenvalue weighted by atomic mass is 19.4. The Morgan fingerprint density at radius 2 is 1.81 bits per heavy atom. The van der Waals surface area contributed by atoms with Crippen LogP contribution in [0.2, 0.25) is 0 Å². The molecule has 1 aliphatic rings. The summed E-state index contributed by atoms with van der Waals surface area (Å²) in [6, 6.07) is 8.41. The average molecular weight is 679 g/mol.